The molecule has 1 aromatic rings. The second-order valence-electron chi connectivity index (χ2n) is 7.26. The molecule has 132 valence electrons. The first-order chi connectivity index (χ1) is 11.4. The molecule has 0 radical (unpaired) electrons. The molecular weight excluding hydrogens is 329 g/mol. The number of hydrogen-bond donors (Lipinski definition) is 0. The molecule has 1 aromatic carbocycles. The number of likely N-dealkylation sites (N-methyl/N-ethyl adjacent to an activating group) is 1. The lowest BCUT2D eigenvalue weighted by atomic mass is 9.94. The number of carbonyl (C=O) groups is 1. The molecule has 0 aromatic heterocycles. The molecule has 0 N–H and O–H groups in total. The largest absolute Gasteiger partial charge is 0.348 e. The molecule has 3 aliphatic heterocycles. The van der Waals surface area contributed by atoms with Gasteiger partial charge in [-0.1, -0.05) is 17.7 Å². The van der Waals surface area contributed by atoms with Gasteiger partial charge in [-0.3, -0.25) is 14.6 Å². The molecule has 24 heavy (non-hydrogen) atoms. The highest BCUT2D eigenvalue weighted by molar-refractivity contribution is 6.30. The average molecular weight is 354 g/mol. The lowest BCUT2D eigenvalue weighted by Gasteiger charge is -2.36. The van der Waals surface area contributed by atoms with Crippen molar-refractivity contribution in [1.29, 1.82) is 0 Å². The van der Waals surface area contributed by atoms with Crippen molar-refractivity contribution in [3.63, 3.8) is 0 Å². The van der Waals surface area contributed by atoms with E-state index in [2.05, 4.69) is 9.80 Å². The second kappa shape index (κ2) is 7.38. The summed E-state index contributed by atoms with van der Waals surface area (Å²) in [6, 6.07) is 5.49. The van der Waals surface area contributed by atoms with Crippen LogP contribution in [-0.2, 0) is 11.3 Å². The van der Waals surface area contributed by atoms with Gasteiger partial charge in [-0.05, 0) is 36.5 Å². The van der Waals surface area contributed by atoms with Crippen molar-refractivity contribution >= 4 is 17.5 Å². The predicted octanol–water partition coefficient (Wildman–Crippen LogP) is 2.46. The van der Waals surface area contributed by atoms with E-state index in [1.807, 2.05) is 6.07 Å². The van der Waals surface area contributed by atoms with Crippen LogP contribution in [0.5, 0.6) is 0 Å². The zero-order valence-corrected chi connectivity index (χ0v) is 15.1. The molecule has 0 unspecified atom stereocenters. The van der Waals surface area contributed by atoms with Crippen LogP contribution in [-0.4, -0.2) is 66.9 Å². The zero-order chi connectivity index (χ0) is 17.3. The normalized spacial score (nSPS) is 24.8. The van der Waals surface area contributed by atoms with E-state index >= 15 is 0 Å². The van der Waals surface area contributed by atoms with Gasteiger partial charge in [0.1, 0.15) is 5.82 Å². The van der Waals surface area contributed by atoms with Crippen molar-refractivity contribution < 1.29 is 9.18 Å². The van der Waals surface area contributed by atoms with Crippen molar-refractivity contribution in [3.8, 4) is 0 Å². The monoisotopic (exact) mass is 353 g/mol. The van der Waals surface area contributed by atoms with E-state index < -0.39 is 0 Å². The molecule has 3 heterocycles. The van der Waals surface area contributed by atoms with Crippen LogP contribution < -0.4 is 0 Å². The zero-order valence-electron chi connectivity index (χ0n) is 14.3. The Bertz CT molecular complexity index is 610. The molecule has 0 saturated carbocycles. The number of hydrogen-bond acceptors (Lipinski definition) is 3. The van der Waals surface area contributed by atoms with Crippen molar-refractivity contribution in [2.75, 3.05) is 40.3 Å². The molecule has 3 saturated heterocycles. The van der Waals surface area contributed by atoms with E-state index in [9.17, 15) is 9.18 Å². The molecular formula is C18H25ClFN3O. The topological polar surface area (TPSA) is 26.8 Å². The fourth-order valence-electron chi connectivity index (χ4n) is 3.80. The SMILES string of the molecule is CN(C)C(=O)CN1C[C@@H]2CC[C@H](C1)N(Cc1ccc(Cl)c(F)c1)C2. The standard InChI is InChI=1S/C18H25ClFN3O/c1-21(2)18(24)12-22-8-14-3-5-15(11-22)23(10-14)9-13-4-6-16(19)17(20)7-13/h4,6-7,14-15H,3,5,8-12H2,1-2H3/t14-,15+/m0/s1. The Hall–Kier alpha value is -1.17. The number of halogens is 2. The van der Waals surface area contributed by atoms with E-state index in [-0.39, 0.29) is 16.7 Å². The molecule has 3 fully saturated rings. The Morgan fingerprint density at radius 3 is 2.79 bits per heavy atom. The molecule has 4 rings (SSSR count). The van der Waals surface area contributed by atoms with E-state index in [1.54, 1.807) is 25.1 Å². The highest BCUT2D eigenvalue weighted by Crippen LogP contribution is 2.29. The van der Waals surface area contributed by atoms with Gasteiger partial charge in [-0.25, -0.2) is 4.39 Å². The number of carbonyl (C=O) groups excluding carboxylic acids is 1. The minimum absolute atomic E-state index is 0.155. The van der Waals surface area contributed by atoms with Crippen LogP contribution in [0.2, 0.25) is 5.02 Å². The molecule has 2 atom stereocenters. The molecule has 0 spiro atoms. The third kappa shape index (κ3) is 4.08. The Morgan fingerprint density at radius 1 is 1.29 bits per heavy atom. The minimum Gasteiger partial charge on any atom is -0.348 e. The maximum Gasteiger partial charge on any atom is 0.236 e. The summed E-state index contributed by atoms with van der Waals surface area (Å²) in [7, 11) is 3.60. The predicted molar refractivity (Wildman–Crippen MR) is 93.5 cm³/mol. The third-order valence-electron chi connectivity index (χ3n) is 5.13. The Morgan fingerprint density at radius 2 is 2.08 bits per heavy atom. The van der Waals surface area contributed by atoms with Crippen LogP contribution in [0.3, 0.4) is 0 Å². The maximum absolute atomic E-state index is 13.7. The van der Waals surface area contributed by atoms with Crippen LogP contribution in [0.25, 0.3) is 0 Å². The van der Waals surface area contributed by atoms with Gasteiger partial charge in [0.2, 0.25) is 5.91 Å². The Labute approximate surface area is 148 Å². The highest BCUT2D eigenvalue weighted by atomic mass is 35.5. The van der Waals surface area contributed by atoms with Gasteiger partial charge in [0.15, 0.2) is 0 Å². The fourth-order valence-corrected chi connectivity index (χ4v) is 3.92. The summed E-state index contributed by atoms with van der Waals surface area (Å²) in [5, 5.41) is 0.171. The summed E-state index contributed by atoms with van der Waals surface area (Å²) >= 11 is 5.77. The first-order valence-electron chi connectivity index (χ1n) is 8.53. The van der Waals surface area contributed by atoms with E-state index in [0.29, 0.717) is 18.5 Å². The van der Waals surface area contributed by atoms with Gasteiger partial charge < -0.3 is 4.90 Å². The van der Waals surface area contributed by atoms with Crippen molar-refractivity contribution in [1.82, 2.24) is 14.7 Å². The summed E-state index contributed by atoms with van der Waals surface area (Å²) in [5.74, 6) is 0.380. The lowest BCUT2D eigenvalue weighted by Crippen LogP contribution is -2.44. The summed E-state index contributed by atoms with van der Waals surface area (Å²) in [4.78, 5) is 18.4. The van der Waals surface area contributed by atoms with Crippen LogP contribution in [0.15, 0.2) is 18.2 Å². The maximum atomic E-state index is 13.7. The van der Waals surface area contributed by atoms with Crippen LogP contribution in [0.1, 0.15) is 18.4 Å². The summed E-state index contributed by atoms with van der Waals surface area (Å²) in [6.07, 6.45) is 2.36. The van der Waals surface area contributed by atoms with Gasteiger partial charge in [0, 0.05) is 46.3 Å². The van der Waals surface area contributed by atoms with Crippen molar-refractivity contribution in [2.45, 2.75) is 25.4 Å². The first-order valence-corrected chi connectivity index (χ1v) is 8.90. The first kappa shape index (κ1) is 17.6. The van der Waals surface area contributed by atoms with Crippen LogP contribution in [0, 0.1) is 11.7 Å². The third-order valence-corrected chi connectivity index (χ3v) is 5.44. The summed E-state index contributed by atoms with van der Waals surface area (Å²) < 4.78 is 13.7. The fraction of sp³-hybridized carbons (Fsp3) is 0.611. The number of rotatable bonds is 4. The molecule has 6 heteroatoms. The number of amides is 1. The molecule has 1 amide bonds. The minimum atomic E-state index is -0.354. The van der Waals surface area contributed by atoms with E-state index in [4.69, 9.17) is 11.6 Å². The summed E-state index contributed by atoms with van der Waals surface area (Å²) in [5.41, 5.74) is 0.959. The Kier molecular flexibility index (Phi) is 5.42. The number of fused-ring (bicyclic) bond motifs is 4. The van der Waals surface area contributed by atoms with Crippen molar-refractivity contribution in [2.24, 2.45) is 5.92 Å². The average Bonchev–Trinajstić information content (AvgIpc) is 2.81. The summed E-state index contributed by atoms with van der Waals surface area (Å²) in [6.45, 7) is 4.13. The highest BCUT2D eigenvalue weighted by Gasteiger charge is 2.35. The molecule has 0 aliphatic carbocycles. The number of benzene rings is 1. The van der Waals surface area contributed by atoms with Crippen LogP contribution in [0.4, 0.5) is 4.39 Å². The Balaban J connectivity index is 1.66. The van der Waals surface area contributed by atoms with Gasteiger partial charge in [-0.2, -0.15) is 0 Å². The molecule has 3 aliphatic rings. The quantitative estimate of drug-likeness (QED) is 0.832. The van der Waals surface area contributed by atoms with Crippen molar-refractivity contribution in [3.05, 3.63) is 34.6 Å². The number of piperidine rings is 1. The second-order valence-corrected chi connectivity index (χ2v) is 7.66. The lowest BCUT2D eigenvalue weighted by molar-refractivity contribution is -0.130. The van der Waals surface area contributed by atoms with Gasteiger partial charge in [0.25, 0.3) is 0 Å². The van der Waals surface area contributed by atoms with Gasteiger partial charge in [-0.15, -0.1) is 0 Å². The van der Waals surface area contributed by atoms with Gasteiger partial charge >= 0.3 is 0 Å². The number of nitrogens with zero attached hydrogens (tertiary/aromatic N) is 3. The molecule has 4 nitrogen and oxygen atoms in total. The molecule has 2 bridgehead atoms. The van der Waals surface area contributed by atoms with E-state index in [1.165, 1.54) is 12.5 Å². The van der Waals surface area contributed by atoms with Gasteiger partial charge in [0.05, 0.1) is 11.6 Å². The van der Waals surface area contributed by atoms with E-state index in [0.717, 1.165) is 38.2 Å². The van der Waals surface area contributed by atoms with Crippen LogP contribution >= 0.6 is 11.6 Å². The smallest absolute Gasteiger partial charge is 0.236 e.